The number of benzene rings is 1. The third-order valence-electron chi connectivity index (χ3n) is 1.46. The summed E-state index contributed by atoms with van der Waals surface area (Å²) in [6, 6.07) is 4.82. The molecule has 15 heavy (non-hydrogen) atoms. The second-order valence-electron chi connectivity index (χ2n) is 2.49. The summed E-state index contributed by atoms with van der Waals surface area (Å²) in [5.41, 5.74) is 0. The van der Waals surface area contributed by atoms with Crippen LogP contribution in [0.2, 0.25) is 0 Å². The lowest BCUT2D eigenvalue weighted by Crippen LogP contribution is -2.19. The summed E-state index contributed by atoms with van der Waals surface area (Å²) in [7, 11) is 1.48. The van der Waals surface area contributed by atoms with E-state index < -0.39 is 17.7 Å². The molecule has 0 amide bonds. The molecule has 0 radical (unpaired) electrons. The Bertz CT molecular complexity index is 315. The number of halogens is 3. The molecule has 0 aliphatic rings. The van der Waals surface area contributed by atoms with E-state index >= 15 is 0 Å². The second kappa shape index (κ2) is 4.73. The van der Waals surface area contributed by atoms with Crippen LogP contribution in [-0.2, 0) is 11.4 Å². The molecule has 0 fully saturated rings. The van der Waals surface area contributed by atoms with Crippen molar-refractivity contribution < 1.29 is 22.5 Å². The fourth-order valence-corrected chi connectivity index (χ4v) is 1.50. The lowest BCUT2D eigenvalue weighted by atomic mass is 10.3. The Labute approximate surface area is 87.6 Å². The molecule has 0 aliphatic heterocycles. The predicted octanol–water partition coefficient (Wildman–Crippen LogP) is 1.83. The topological polar surface area (TPSA) is 44.3 Å². The molecule has 0 saturated heterocycles. The fraction of sp³-hybridized carbons (Fsp3) is 0.250. The minimum atomic E-state index is -4.70. The van der Waals surface area contributed by atoms with Gasteiger partial charge in [-0.15, -0.1) is 17.9 Å². The summed E-state index contributed by atoms with van der Waals surface area (Å²) < 4.78 is 52.6. The summed E-state index contributed by atoms with van der Waals surface area (Å²) >= 11 is -1.41. The van der Waals surface area contributed by atoms with Crippen molar-refractivity contribution in [2.24, 2.45) is 0 Å². The molecule has 0 bridgehead atoms. The number of nitrogens with one attached hydrogen (secondary N) is 1. The molecule has 1 aromatic rings. The molecule has 1 unspecified atom stereocenters. The maximum Gasteiger partial charge on any atom is 0.573 e. The van der Waals surface area contributed by atoms with E-state index in [1.807, 2.05) is 0 Å². The van der Waals surface area contributed by atoms with Gasteiger partial charge in [-0.1, -0.05) is 0 Å². The fourth-order valence-electron chi connectivity index (χ4n) is 0.883. The SMILES string of the molecule is CN[S+]([O-])c1ccc(OC(F)(F)F)cc1. The van der Waals surface area contributed by atoms with Crippen LogP contribution in [-0.4, -0.2) is 18.0 Å². The van der Waals surface area contributed by atoms with E-state index in [1.165, 1.54) is 19.2 Å². The van der Waals surface area contributed by atoms with Gasteiger partial charge in [-0.3, -0.25) is 0 Å². The minimum Gasteiger partial charge on any atom is -0.593 e. The van der Waals surface area contributed by atoms with Crippen molar-refractivity contribution in [1.82, 2.24) is 4.72 Å². The Kier molecular flexibility index (Phi) is 3.83. The highest BCUT2D eigenvalue weighted by atomic mass is 32.2. The monoisotopic (exact) mass is 239 g/mol. The number of hydrogen-bond acceptors (Lipinski definition) is 3. The highest BCUT2D eigenvalue weighted by Gasteiger charge is 2.31. The molecule has 0 saturated carbocycles. The summed E-state index contributed by atoms with van der Waals surface area (Å²) in [5.74, 6) is -0.334. The first kappa shape index (κ1) is 12.2. The van der Waals surface area contributed by atoms with Gasteiger partial charge in [-0.2, -0.15) is 0 Å². The number of rotatable bonds is 3. The molecule has 0 spiro atoms. The van der Waals surface area contributed by atoms with Crippen LogP contribution < -0.4 is 9.46 Å². The van der Waals surface area contributed by atoms with Gasteiger partial charge < -0.3 is 9.29 Å². The summed E-state index contributed by atoms with van der Waals surface area (Å²) in [6.45, 7) is 0. The first-order chi connectivity index (χ1) is 6.92. The molecule has 0 aromatic heterocycles. The zero-order valence-corrected chi connectivity index (χ0v) is 8.48. The van der Waals surface area contributed by atoms with Gasteiger partial charge in [0.2, 0.25) is 0 Å². The highest BCUT2D eigenvalue weighted by molar-refractivity contribution is 7.89. The van der Waals surface area contributed by atoms with E-state index in [2.05, 4.69) is 9.46 Å². The molecule has 0 heterocycles. The average Bonchev–Trinajstić information content (AvgIpc) is 2.15. The minimum absolute atomic E-state index is 0.334. The Morgan fingerprint density at radius 2 is 1.80 bits per heavy atom. The van der Waals surface area contributed by atoms with Gasteiger partial charge in [0.1, 0.15) is 5.75 Å². The van der Waals surface area contributed by atoms with E-state index in [0.717, 1.165) is 12.1 Å². The van der Waals surface area contributed by atoms with Gasteiger partial charge in [0.25, 0.3) is 0 Å². The molecule has 1 atom stereocenters. The Balaban J connectivity index is 2.72. The van der Waals surface area contributed by atoms with Crippen LogP contribution in [0.15, 0.2) is 29.2 Å². The van der Waals surface area contributed by atoms with Gasteiger partial charge >= 0.3 is 6.36 Å². The quantitative estimate of drug-likeness (QED) is 0.818. The number of hydrogen-bond donors (Lipinski definition) is 1. The maximum absolute atomic E-state index is 11.8. The van der Waals surface area contributed by atoms with E-state index in [-0.39, 0.29) is 5.75 Å². The second-order valence-corrected chi connectivity index (χ2v) is 3.91. The Hall–Kier alpha value is -0.920. The summed E-state index contributed by atoms with van der Waals surface area (Å²) in [6.07, 6.45) is -4.70. The third kappa shape index (κ3) is 3.98. The molecular formula is C8H8F3NO2S. The Morgan fingerprint density at radius 1 is 1.27 bits per heavy atom. The summed E-state index contributed by atoms with van der Waals surface area (Å²) in [4.78, 5) is 0.382. The lowest BCUT2D eigenvalue weighted by Gasteiger charge is -2.10. The normalized spacial score (nSPS) is 13.7. The van der Waals surface area contributed by atoms with Gasteiger partial charge in [0.15, 0.2) is 4.90 Å². The molecule has 1 N–H and O–H groups in total. The zero-order valence-electron chi connectivity index (χ0n) is 7.67. The van der Waals surface area contributed by atoms with Crippen LogP contribution in [0.3, 0.4) is 0 Å². The zero-order chi connectivity index (χ0) is 11.5. The molecular weight excluding hydrogens is 231 g/mol. The van der Waals surface area contributed by atoms with Crippen LogP contribution in [0.25, 0.3) is 0 Å². The summed E-state index contributed by atoms with van der Waals surface area (Å²) in [5, 5.41) is 0. The van der Waals surface area contributed by atoms with Crippen LogP contribution in [0.1, 0.15) is 0 Å². The van der Waals surface area contributed by atoms with Crippen LogP contribution in [0, 0.1) is 0 Å². The van der Waals surface area contributed by atoms with Crippen molar-refractivity contribution in [2.45, 2.75) is 11.3 Å². The van der Waals surface area contributed by atoms with Crippen molar-refractivity contribution in [3.8, 4) is 5.75 Å². The van der Waals surface area contributed by atoms with Gasteiger partial charge in [0, 0.05) is 7.05 Å². The average molecular weight is 239 g/mol. The van der Waals surface area contributed by atoms with Crippen LogP contribution in [0.5, 0.6) is 5.75 Å². The van der Waals surface area contributed by atoms with Gasteiger partial charge in [0.05, 0.1) is 11.4 Å². The van der Waals surface area contributed by atoms with Crippen molar-refractivity contribution in [2.75, 3.05) is 7.05 Å². The molecule has 7 heteroatoms. The van der Waals surface area contributed by atoms with Crippen molar-refractivity contribution in [3.05, 3.63) is 24.3 Å². The first-order valence-corrected chi connectivity index (χ1v) is 5.02. The lowest BCUT2D eigenvalue weighted by molar-refractivity contribution is -0.274. The van der Waals surface area contributed by atoms with E-state index in [4.69, 9.17) is 0 Å². The Morgan fingerprint density at radius 3 is 2.20 bits per heavy atom. The standard InChI is InChI=1S/C8H8F3NO2S/c1-12-15(13)7-4-2-6(3-5-7)14-8(9,10)11/h2-5,12H,1H3. The van der Waals surface area contributed by atoms with E-state index in [1.54, 1.807) is 0 Å². The molecule has 1 aromatic carbocycles. The third-order valence-corrected chi connectivity index (χ3v) is 2.53. The highest BCUT2D eigenvalue weighted by Crippen LogP contribution is 2.23. The molecule has 84 valence electrons. The molecule has 1 rings (SSSR count). The van der Waals surface area contributed by atoms with Gasteiger partial charge in [-0.05, 0) is 24.3 Å². The van der Waals surface area contributed by atoms with Crippen molar-refractivity contribution >= 4 is 11.4 Å². The smallest absolute Gasteiger partial charge is 0.573 e. The van der Waals surface area contributed by atoms with E-state index in [9.17, 15) is 17.7 Å². The maximum atomic E-state index is 11.8. The number of ether oxygens (including phenoxy) is 1. The van der Waals surface area contributed by atoms with Crippen LogP contribution >= 0.6 is 0 Å². The van der Waals surface area contributed by atoms with Crippen LogP contribution in [0.4, 0.5) is 13.2 Å². The predicted molar refractivity (Wildman–Crippen MR) is 48.6 cm³/mol. The van der Waals surface area contributed by atoms with E-state index in [0.29, 0.717) is 4.90 Å². The molecule has 3 nitrogen and oxygen atoms in total. The van der Waals surface area contributed by atoms with Crippen molar-refractivity contribution in [1.29, 1.82) is 0 Å². The largest absolute Gasteiger partial charge is 0.593 e. The van der Waals surface area contributed by atoms with Gasteiger partial charge in [-0.25, -0.2) is 0 Å². The van der Waals surface area contributed by atoms with Crippen molar-refractivity contribution in [3.63, 3.8) is 0 Å². The first-order valence-electron chi connectivity index (χ1n) is 3.87. The number of alkyl halides is 3. The molecule has 0 aliphatic carbocycles.